The van der Waals surface area contributed by atoms with E-state index in [9.17, 15) is 9.59 Å². The lowest BCUT2D eigenvalue weighted by atomic mass is 10.1. The Bertz CT molecular complexity index is 1050. The highest BCUT2D eigenvalue weighted by atomic mass is 16.6. The van der Waals surface area contributed by atoms with Crippen LogP contribution in [0, 0.1) is 0 Å². The molecule has 0 saturated carbocycles. The maximum absolute atomic E-state index is 13.1. The first-order chi connectivity index (χ1) is 15.0. The van der Waals surface area contributed by atoms with E-state index in [2.05, 4.69) is 5.32 Å². The van der Waals surface area contributed by atoms with Gasteiger partial charge < -0.3 is 24.3 Å². The molecule has 0 saturated heterocycles. The van der Waals surface area contributed by atoms with Gasteiger partial charge in [-0.3, -0.25) is 4.79 Å². The molecule has 0 aliphatic heterocycles. The Morgan fingerprint density at radius 2 is 1.48 bits per heavy atom. The Kier molecular flexibility index (Phi) is 7.11. The Morgan fingerprint density at radius 3 is 2.16 bits per heavy atom. The van der Waals surface area contributed by atoms with Gasteiger partial charge in [-0.05, 0) is 24.3 Å². The van der Waals surface area contributed by atoms with E-state index in [1.807, 2.05) is 6.07 Å². The minimum Gasteiger partial charge on any atom is -0.497 e. The van der Waals surface area contributed by atoms with E-state index in [1.54, 1.807) is 60.7 Å². The zero-order valence-electron chi connectivity index (χ0n) is 17.5. The van der Waals surface area contributed by atoms with E-state index in [-0.39, 0.29) is 11.3 Å². The third-order valence-electron chi connectivity index (χ3n) is 4.53. The molecule has 0 fully saturated rings. The van der Waals surface area contributed by atoms with Gasteiger partial charge in [0.15, 0.2) is 0 Å². The second kappa shape index (κ2) is 10.2. The first-order valence-electron chi connectivity index (χ1n) is 9.48. The fourth-order valence-electron chi connectivity index (χ4n) is 2.95. The van der Waals surface area contributed by atoms with Crippen molar-refractivity contribution in [1.29, 1.82) is 0 Å². The molecule has 0 unspecified atom stereocenters. The average molecular weight is 421 g/mol. The van der Waals surface area contributed by atoms with Crippen LogP contribution in [0.25, 0.3) is 0 Å². The number of rotatable bonds is 8. The number of esters is 1. The van der Waals surface area contributed by atoms with Crippen molar-refractivity contribution < 1.29 is 28.5 Å². The molecule has 0 heterocycles. The molecule has 1 atom stereocenters. The zero-order valence-corrected chi connectivity index (χ0v) is 17.5. The normalized spacial score (nSPS) is 11.2. The number of benzene rings is 3. The van der Waals surface area contributed by atoms with Gasteiger partial charge in [-0.15, -0.1) is 0 Å². The minimum absolute atomic E-state index is 0.179. The third-order valence-corrected chi connectivity index (χ3v) is 4.53. The van der Waals surface area contributed by atoms with Crippen LogP contribution in [0.2, 0.25) is 0 Å². The number of ether oxygens (including phenoxy) is 4. The van der Waals surface area contributed by atoms with Gasteiger partial charge in [0.25, 0.3) is 5.91 Å². The second-order valence-corrected chi connectivity index (χ2v) is 6.48. The van der Waals surface area contributed by atoms with Gasteiger partial charge in [-0.25, -0.2) is 4.79 Å². The van der Waals surface area contributed by atoms with Crippen LogP contribution in [0.15, 0.2) is 72.8 Å². The van der Waals surface area contributed by atoms with Crippen molar-refractivity contribution in [3.63, 3.8) is 0 Å². The molecule has 7 heteroatoms. The molecule has 3 aromatic rings. The summed E-state index contributed by atoms with van der Waals surface area (Å²) in [6, 6.07) is 20.4. The summed E-state index contributed by atoms with van der Waals surface area (Å²) < 4.78 is 21.3. The Hall–Kier alpha value is -4.00. The van der Waals surface area contributed by atoms with Gasteiger partial charge in [0.05, 0.1) is 21.3 Å². The van der Waals surface area contributed by atoms with Crippen molar-refractivity contribution in [3.05, 3.63) is 83.9 Å². The highest BCUT2D eigenvalue weighted by Gasteiger charge is 2.27. The lowest BCUT2D eigenvalue weighted by Gasteiger charge is -2.19. The van der Waals surface area contributed by atoms with Gasteiger partial charge in [0.1, 0.15) is 22.8 Å². The lowest BCUT2D eigenvalue weighted by Crippen LogP contribution is -2.26. The van der Waals surface area contributed by atoms with Crippen molar-refractivity contribution in [1.82, 2.24) is 0 Å². The van der Waals surface area contributed by atoms with Gasteiger partial charge in [0.2, 0.25) is 6.10 Å². The van der Waals surface area contributed by atoms with Crippen LogP contribution in [0.3, 0.4) is 0 Å². The summed E-state index contributed by atoms with van der Waals surface area (Å²) in [5, 5.41) is 2.77. The molecule has 0 bridgehead atoms. The number of carbonyl (C=O) groups excluding carboxylic acids is 2. The summed E-state index contributed by atoms with van der Waals surface area (Å²) in [5.74, 6) is 0.205. The quantitative estimate of drug-likeness (QED) is 0.548. The molecule has 1 N–H and O–H groups in total. The molecule has 0 spiro atoms. The SMILES string of the molecule is COc1cccc(NC(=O)[C@@H](OC(=O)c2ccc(OC)cc2OC)c2ccccc2)c1. The Labute approximate surface area is 180 Å². The number of nitrogens with one attached hydrogen (secondary N) is 1. The second-order valence-electron chi connectivity index (χ2n) is 6.48. The molecular formula is C24H23NO6. The Morgan fingerprint density at radius 1 is 0.774 bits per heavy atom. The molecule has 160 valence electrons. The van der Waals surface area contributed by atoms with Crippen LogP contribution >= 0.6 is 0 Å². The molecule has 0 aromatic heterocycles. The van der Waals surface area contributed by atoms with Gasteiger partial charge in [0, 0.05) is 23.4 Å². The summed E-state index contributed by atoms with van der Waals surface area (Å²) in [4.78, 5) is 26.0. The fourth-order valence-corrected chi connectivity index (χ4v) is 2.95. The monoisotopic (exact) mass is 421 g/mol. The maximum atomic E-state index is 13.1. The number of amides is 1. The van der Waals surface area contributed by atoms with E-state index in [4.69, 9.17) is 18.9 Å². The van der Waals surface area contributed by atoms with E-state index in [0.717, 1.165) is 0 Å². The van der Waals surface area contributed by atoms with Crippen LogP contribution in [-0.2, 0) is 9.53 Å². The summed E-state index contributed by atoms with van der Waals surface area (Å²) in [7, 11) is 4.49. The first kappa shape index (κ1) is 21.7. The van der Waals surface area contributed by atoms with E-state index >= 15 is 0 Å². The first-order valence-corrected chi connectivity index (χ1v) is 9.48. The molecule has 0 aliphatic rings. The summed E-state index contributed by atoms with van der Waals surface area (Å²) in [5.41, 5.74) is 1.23. The topological polar surface area (TPSA) is 83.1 Å². The van der Waals surface area contributed by atoms with E-state index in [0.29, 0.717) is 22.7 Å². The molecule has 3 aromatic carbocycles. The largest absolute Gasteiger partial charge is 0.497 e. The zero-order chi connectivity index (χ0) is 22.2. The van der Waals surface area contributed by atoms with Crippen molar-refractivity contribution in [2.24, 2.45) is 0 Å². The average Bonchev–Trinajstić information content (AvgIpc) is 2.82. The van der Waals surface area contributed by atoms with Crippen molar-refractivity contribution in [2.75, 3.05) is 26.6 Å². The van der Waals surface area contributed by atoms with Crippen LogP contribution in [0.5, 0.6) is 17.2 Å². The van der Waals surface area contributed by atoms with Gasteiger partial charge in [-0.2, -0.15) is 0 Å². The number of hydrogen-bond donors (Lipinski definition) is 1. The van der Waals surface area contributed by atoms with Crippen LogP contribution in [0.4, 0.5) is 5.69 Å². The van der Waals surface area contributed by atoms with Crippen molar-refractivity contribution in [3.8, 4) is 17.2 Å². The van der Waals surface area contributed by atoms with Gasteiger partial charge >= 0.3 is 5.97 Å². The molecular weight excluding hydrogens is 398 g/mol. The molecule has 1 amide bonds. The predicted octanol–water partition coefficient (Wildman–Crippen LogP) is 4.25. The number of anilines is 1. The van der Waals surface area contributed by atoms with Gasteiger partial charge in [-0.1, -0.05) is 36.4 Å². The molecule has 7 nitrogen and oxygen atoms in total. The van der Waals surface area contributed by atoms with Crippen LogP contribution < -0.4 is 19.5 Å². The maximum Gasteiger partial charge on any atom is 0.343 e. The minimum atomic E-state index is -1.17. The van der Waals surface area contributed by atoms with E-state index < -0.39 is 18.0 Å². The van der Waals surface area contributed by atoms with Crippen LogP contribution in [0.1, 0.15) is 22.0 Å². The molecule has 31 heavy (non-hydrogen) atoms. The standard InChI is InChI=1S/C24H23NO6/c1-28-18-11-7-10-17(14-18)25-23(26)22(16-8-5-4-6-9-16)31-24(27)20-13-12-19(29-2)15-21(20)30-3/h4-15,22H,1-3H3,(H,25,26)/t22-/m0/s1. The summed E-state index contributed by atoms with van der Waals surface area (Å²) >= 11 is 0. The highest BCUT2D eigenvalue weighted by Crippen LogP contribution is 2.28. The summed E-state index contributed by atoms with van der Waals surface area (Å²) in [6.45, 7) is 0. The summed E-state index contributed by atoms with van der Waals surface area (Å²) in [6.07, 6.45) is -1.17. The number of hydrogen-bond acceptors (Lipinski definition) is 6. The molecule has 3 rings (SSSR count). The lowest BCUT2D eigenvalue weighted by molar-refractivity contribution is -0.125. The van der Waals surface area contributed by atoms with Crippen molar-refractivity contribution in [2.45, 2.75) is 6.10 Å². The predicted molar refractivity (Wildman–Crippen MR) is 116 cm³/mol. The number of methoxy groups -OCH3 is 3. The smallest absolute Gasteiger partial charge is 0.343 e. The highest BCUT2D eigenvalue weighted by molar-refractivity contribution is 5.99. The van der Waals surface area contributed by atoms with Crippen molar-refractivity contribution >= 4 is 17.6 Å². The third kappa shape index (κ3) is 5.33. The Balaban J connectivity index is 1.87. The number of carbonyl (C=O) groups is 2. The van der Waals surface area contributed by atoms with Crippen LogP contribution in [-0.4, -0.2) is 33.2 Å². The fraction of sp³-hybridized carbons (Fsp3) is 0.167. The molecule has 0 radical (unpaired) electrons. The molecule has 0 aliphatic carbocycles. The van der Waals surface area contributed by atoms with E-state index in [1.165, 1.54) is 27.4 Å².